The standard InChI is InChI=1S/C41H35F2N5O7/c42-29-21-41(18-6-19-47(41)23-29)25-54-39-45-37-33(38(46-39)53-24-26-7-2-1-3-8-26)22-44-36(35(37)43)32-12-5-11-27-9-4-10-28(34(27)32)17-20-52-40(49)55-31-15-13-30(14-16-31)48(50)51/h1-5,7-16,22,29H,6,17-21,23-25H2/t29-,41+/m1/s1. The molecule has 0 N–H and O–H groups in total. The Kier molecular flexibility index (Phi) is 9.89. The van der Waals surface area contributed by atoms with Gasteiger partial charge in [-0.05, 0) is 53.4 Å². The van der Waals surface area contributed by atoms with Crippen LogP contribution in [0.5, 0.6) is 17.6 Å². The normalized spacial score (nSPS) is 18.0. The molecule has 4 aromatic carbocycles. The second-order valence-electron chi connectivity index (χ2n) is 13.7. The number of alkyl halides is 1. The van der Waals surface area contributed by atoms with E-state index in [2.05, 4.69) is 19.9 Å². The fourth-order valence-corrected chi connectivity index (χ4v) is 7.58. The number of rotatable bonds is 12. The third-order valence-corrected chi connectivity index (χ3v) is 10.2. The first-order valence-corrected chi connectivity index (χ1v) is 17.9. The van der Waals surface area contributed by atoms with E-state index in [1.807, 2.05) is 54.6 Å². The molecule has 0 bridgehead atoms. The highest BCUT2D eigenvalue weighted by molar-refractivity contribution is 6.00. The molecule has 280 valence electrons. The first-order valence-electron chi connectivity index (χ1n) is 17.9. The van der Waals surface area contributed by atoms with E-state index in [0.717, 1.165) is 35.9 Å². The molecule has 2 aliphatic heterocycles. The number of nitro groups is 1. The van der Waals surface area contributed by atoms with Crippen molar-refractivity contribution in [2.45, 2.75) is 44.0 Å². The Balaban J connectivity index is 1.09. The summed E-state index contributed by atoms with van der Waals surface area (Å²) in [6.45, 7) is 1.41. The van der Waals surface area contributed by atoms with E-state index in [-0.39, 0.29) is 66.2 Å². The van der Waals surface area contributed by atoms with Crippen LogP contribution < -0.4 is 14.2 Å². The van der Waals surface area contributed by atoms with Crippen LogP contribution >= 0.6 is 0 Å². The third-order valence-electron chi connectivity index (χ3n) is 10.2. The zero-order valence-electron chi connectivity index (χ0n) is 29.5. The van der Waals surface area contributed by atoms with Crippen molar-refractivity contribution >= 4 is 33.5 Å². The molecule has 0 radical (unpaired) electrons. The molecule has 4 heterocycles. The second kappa shape index (κ2) is 15.2. The Morgan fingerprint density at radius 2 is 1.78 bits per heavy atom. The molecule has 0 amide bonds. The minimum Gasteiger partial charge on any atom is -0.472 e. The molecule has 6 aromatic rings. The number of ether oxygens (including phenoxy) is 4. The number of aromatic nitrogens is 3. The van der Waals surface area contributed by atoms with Crippen molar-refractivity contribution in [2.24, 2.45) is 0 Å². The number of carbonyl (C=O) groups is 1. The quantitative estimate of drug-likeness (QED) is 0.0518. The van der Waals surface area contributed by atoms with Gasteiger partial charge in [0.05, 0.1) is 22.5 Å². The van der Waals surface area contributed by atoms with Crippen LogP contribution in [0.4, 0.5) is 19.3 Å². The van der Waals surface area contributed by atoms with E-state index < -0.39 is 28.6 Å². The first-order chi connectivity index (χ1) is 26.8. The molecule has 8 rings (SSSR count). The van der Waals surface area contributed by atoms with Crippen LogP contribution in [0, 0.1) is 15.9 Å². The fourth-order valence-electron chi connectivity index (χ4n) is 7.58. The molecular weight excluding hydrogens is 712 g/mol. The van der Waals surface area contributed by atoms with Gasteiger partial charge >= 0.3 is 12.2 Å². The van der Waals surface area contributed by atoms with Crippen LogP contribution in [0.1, 0.15) is 30.4 Å². The number of benzene rings is 4. The Morgan fingerprint density at radius 1 is 0.982 bits per heavy atom. The first kappa shape index (κ1) is 35.7. The highest BCUT2D eigenvalue weighted by atomic mass is 19.1. The van der Waals surface area contributed by atoms with Crippen molar-refractivity contribution in [1.82, 2.24) is 19.9 Å². The number of halogens is 2. The zero-order valence-corrected chi connectivity index (χ0v) is 29.5. The Hall–Kier alpha value is -6.28. The highest BCUT2D eigenvalue weighted by Gasteiger charge is 2.49. The average Bonchev–Trinajstić information content (AvgIpc) is 3.72. The van der Waals surface area contributed by atoms with Crippen molar-refractivity contribution in [3.05, 3.63) is 124 Å². The lowest BCUT2D eigenvalue weighted by Gasteiger charge is -2.30. The summed E-state index contributed by atoms with van der Waals surface area (Å²) < 4.78 is 54.2. The van der Waals surface area contributed by atoms with E-state index in [1.54, 1.807) is 12.1 Å². The molecule has 0 spiro atoms. The number of nitro benzene ring substituents is 1. The van der Waals surface area contributed by atoms with Crippen LogP contribution in [0.3, 0.4) is 0 Å². The summed E-state index contributed by atoms with van der Waals surface area (Å²) in [6.07, 6.45) is 1.91. The minimum absolute atomic E-state index is 0.0411. The van der Waals surface area contributed by atoms with Gasteiger partial charge in [-0.2, -0.15) is 9.97 Å². The predicted molar refractivity (Wildman–Crippen MR) is 198 cm³/mol. The zero-order chi connectivity index (χ0) is 37.9. The van der Waals surface area contributed by atoms with Crippen LogP contribution in [0.25, 0.3) is 32.9 Å². The maximum absolute atomic E-state index is 16.9. The fraction of sp³-hybridized carbons (Fsp3) is 0.268. The summed E-state index contributed by atoms with van der Waals surface area (Å²) in [6, 6.07) is 25.5. The monoisotopic (exact) mass is 747 g/mol. The maximum Gasteiger partial charge on any atom is 0.513 e. The molecule has 0 unspecified atom stereocenters. The van der Waals surface area contributed by atoms with Crippen molar-refractivity contribution in [3.63, 3.8) is 0 Å². The molecular formula is C41H35F2N5O7. The number of non-ortho nitro benzene ring substituents is 1. The van der Waals surface area contributed by atoms with Gasteiger partial charge in [-0.3, -0.25) is 20.0 Å². The number of hydrogen-bond acceptors (Lipinski definition) is 11. The van der Waals surface area contributed by atoms with E-state index >= 15 is 4.39 Å². The van der Waals surface area contributed by atoms with E-state index in [1.165, 1.54) is 30.5 Å². The van der Waals surface area contributed by atoms with E-state index in [0.29, 0.717) is 23.9 Å². The lowest BCUT2D eigenvalue weighted by Crippen LogP contribution is -2.43. The van der Waals surface area contributed by atoms with Gasteiger partial charge in [0.1, 0.15) is 36.3 Å². The van der Waals surface area contributed by atoms with E-state index in [9.17, 15) is 19.3 Å². The number of hydrogen-bond donors (Lipinski definition) is 0. The van der Waals surface area contributed by atoms with Gasteiger partial charge in [0.15, 0.2) is 5.82 Å². The molecule has 14 heteroatoms. The molecule has 2 fully saturated rings. The summed E-state index contributed by atoms with van der Waals surface area (Å²) in [5, 5.41) is 12.7. The van der Waals surface area contributed by atoms with Gasteiger partial charge < -0.3 is 18.9 Å². The molecule has 0 saturated carbocycles. The summed E-state index contributed by atoms with van der Waals surface area (Å²) in [5.41, 5.74) is 1.54. The topological polar surface area (TPSA) is 139 Å². The Labute approximate surface area is 313 Å². The average molecular weight is 748 g/mol. The lowest BCUT2D eigenvalue weighted by atomic mass is 9.95. The number of nitrogens with zero attached hydrogens (tertiary/aromatic N) is 5. The molecule has 2 atom stereocenters. The maximum atomic E-state index is 16.9. The van der Waals surface area contributed by atoms with Gasteiger partial charge in [0.25, 0.3) is 5.69 Å². The van der Waals surface area contributed by atoms with Gasteiger partial charge in [-0.25, -0.2) is 13.6 Å². The van der Waals surface area contributed by atoms with Crippen molar-refractivity contribution in [1.29, 1.82) is 0 Å². The summed E-state index contributed by atoms with van der Waals surface area (Å²) >= 11 is 0. The van der Waals surface area contributed by atoms with Crippen molar-refractivity contribution < 1.29 is 37.4 Å². The van der Waals surface area contributed by atoms with Crippen molar-refractivity contribution in [2.75, 3.05) is 26.3 Å². The number of fused-ring (bicyclic) bond motifs is 3. The SMILES string of the molecule is O=C(OCCc1cccc2cccc(-c3ncc4c(OCc5ccccc5)nc(OC[C@@]56CCCN5C[C@H](F)C6)nc4c3F)c12)Oc1ccc([N+](=O)[O-])cc1. The van der Waals surface area contributed by atoms with Crippen LogP contribution in [-0.4, -0.2) is 68.9 Å². The molecule has 12 nitrogen and oxygen atoms in total. The van der Waals surface area contributed by atoms with Crippen molar-refractivity contribution in [3.8, 4) is 28.9 Å². The summed E-state index contributed by atoms with van der Waals surface area (Å²) in [4.78, 5) is 38.6. The number of carbonyl (C=O) groups excluding carboxylic acids is 1. The third kappa shape index (κ3) is 7.45. The van der Waals surface area contributed by atoms with Crippen LogP contribution in [-0.2, 0) is 17.8 Å². The Bertz CT molecular complexity index is 2380. The highest BCUT2D eigenvalue weighted by Crippen LogP contribution is 2.41. The lowest BCUT2D eigenvalue weighted by molar-refractivity contribution is -0.384. The summed E-state index contributed by atoms with van der Waals surface area (Å²) in [5.74, 6) is -0.502. The largest absolute Gasteiger partial charge is 0.513 e. The number of pyridine rings is 1. The smallest absolute Gasteiger partial charge is 0.472 e. The van der Waals surface area contributed by atoms with Gasteiger partial charge in [0, 0.05) is 43.3 Å². The van der Waals surface area contributed by atoms with Gasteiger partial charge in [-0.1, -0.05) is 66.7 Å². The Morgan fingerprint density at radius 3 is 2.58 bits per heavy atom. The molecule has 2 aromatic heterocycles. The van der Waals surface area contributed by atoms with Crippen LogP contribution in [0.2, 0.25) is 0 Å². The van der Waals surface area contributed by atoms with Gasteiger partial charge in [-0.15, -0.1) is 0 Å². The minimum atomic E-state index is -0.975. The predicted octanol–water partition coefficient (Wildman–Crippen LogP) is 8.18. The van der Waals surface area contributed by atoms with E-state index in [4.69, 9.17) is 18.9 Å². The molecule has 2 aliphatic rings. The second-order valence-corrected chi connectivity index (χ2v) is 13.7. The van der Waals surface area contributed by atoms with Crippen LogP contribution in [0.15, 0.2) is 97.2 Å². The van der Waals surface area contributed by atoms with Gasteiger partial charge in [0.2, 0.25) is 5.88 Å². The molecule has 2 saturated heterocycles. The molecule has 55 heavy (non-hydrogen) atoms. The molecule has 0 aliphatic carbocycles. The summed E-state index contributed by atoms with van der Waals surface area (Å²) in [7, 11) is 0.